The third kappa shape index (κ3) is 6.55. The normalized spacial score (nSPS) is 12.3. The fraction of sp³-hybridized carbons (Fsp3) is 0.385. The molecule has 0 N–H and O–H groups in total. The van der Waals surface area contributed by atoms with Crippen LogP contribution >= 0.6 is 0 Å². The van der Waals surface area contributed by atoms with Gasteiger partial charge >= 0.3 is 260 Å². The molecule has 0 saturated heterocycles. The maximum Gasteiger partial charge on any atom is -1.00 e. The van der Waals surface area contributed by atoms with E-state index in [-0.39, 0.29) is 35.6 Å². The van der Waals surface area contributed by atoms with Crippen LogP contribution in [0.1, 0.15) is 102 Å². The van der Waals surface area contributed by atoms with E-state index in [1.165, 1.54) is 92.3 Å². The molecule has 0 unspecified atom stereocenters. The molecular weight excluding hydrogens is 631 g/mol. The summed E-state index contributed by atoms with van der Waals surface area (Å²) in [4.78, 5) is 0. The predicted octanol–water partition coefficient (Wildman–Crippen LogP) is 4.27. The van der Waals surface area contributed by atoms with E-state index < -0.39 is 0 Å². The SMILES string of the molecule is CCCc1ccccc1-c1cc2c(cc1C(C)(C)C)-c1cc(C(C)(C)C)c(-c3ccccc3CCC)[c]([Zr+2])c1C2.[Cl-].[Cl-]. The quantitative estimate of drug-likeness (QED) is 0.253. The molecule has 42 heavy (non-hydrogen) atoms. The molecule has 0 saturated carbocycles. The minimum Gasteiger partial charge on any atom is -1.00 e. The zero-order valence-corrected chi connectivity index (χ0v) is 30.6. The van der Waals surface area contributed by atoms with Gasteiger partial charge in [-0.05, 0) is 0 Å². The molecule has 219 valence electrons. The fourth-order valence-corrected chi connectivity index (χ4v) is 7.83. The van der Waals surface area contributed by atoms with Crippen LogP contribution in [-0.4, -0.2) is 0 Å². The fourth-order valence-electron chi connectivity index (χ4n) is 6.62. The summed E-state index contributed by atoms with van der Waals surface area (Å²) in [5.74, 6) is 0. The molecule has 3 heteroatoms. The van der Waals surface area contributed by atoms with E-state index in [1.54, 1.807) is 8.83 Å². The maximum absolute atomic E-state index is 2.57. The van der Waals surface area contributed by atoms with Crippen LogP contribution in [0.3, 0.4) is 0 Å². The Hall–Kier alpha value is -1.66. The summed E-state index contributed by atoms with van der Waals surface area (Å²) in [6, 6.07) is 25.9. The Morgan fingerprint density at radius 2 is 1.10 bits per heavy atom. The minimum absolute atomic E-state index is 0. The number of hydrogen-bond donors (Lipinski definition) is 0. The van der Waals surface area contributed by atoms with Gasteiger partial charge in [0, 0.05) is 0 Å². The molecule has 0 nitrogen and oxygen atoms in total. The molecule has 0 amide bonds. The van der Waals surface area contributed by atoms with Crippen molar-refractivity contribution in [2.24, 2.45) is 0 Å². The Bertz CT molecular complexity index is 1570. The molecule has 0 aromatic heterocycles. The molecule has 4 aromatic rings. The van der Waals surface area contributed by atoms with Crippen molar-refractivity contribution in [2.75, 3.05) is 0 Å². The summed E-state index contributed by atoms with van der Waals surface area (Å²) in [6.45, 7) is 18.9. The maximum atomic E-state index is 2.57. The number of halogens is 2. The van der Waals surface area contributed by atoms with Gasteiger partial charge in [0.2, 0.25) is 0 Å². The zero-order valence-electron chi connectivity index (χ0n) is 26.6. The van der Waals surface area contributed by atoms with Gasteiger partial charge < -0.3 is 24.8 Å². The van der Waals surface area contributed by atoms with Gasteiger partial charge in [-0.1, -0.05) is 0 Å². The smallest absolute Gasteiger partial charge is 1.00 e. The third-order valence-corrected chi connectivity index (χ3v) is 9.94. The molecule has 0 radical (unpaired) electrons. The molecule has 1 aliphatic carbocycles. The molecule has 4 aromatic carbocycles. The van der Waals surface area contributed by atoms with Crippen molar-refractivity contribution in [3.63, 3.8) is 0 Å². The van der Waals surface area contributed by atoms with Crippen LogP contribution in [0.25, 0.3) is 33.4 Å². The topological polar surface area (TPSA) is 0 Å². The first-order valence-corrected chi connectivity index (χ1v) is 16.4. The molecule has 5 rings (SSSR count). The third-order valence-electron chi connectivity index (χ3n) is 8.58. The van der Waals surface area contributed by atoms with Crippen molar-refractivity contribution in [1.29, 1.82) is 0 Å². The summed E-state index contributed by atoms with van der Waals surface area (Å²) >= 11 is 1.51. The van der Waals surface area contributed by atoms with Crippen molar-refractivity contribution >= 4 is 3.27 Å². The van der Waals surface area contributed by atoms with E-state index in [4.69, 9.17) is 0 Å². The Balaban J connectivity index is 0.00000242. The van der Waals surface area contributed by atoms with Gasteiger partial charge in [-0.2, -0.15) is 0 Å². The van der Waals surface area contributed by atoms with Crippen molar-refractivity contribution in [3.05, 3.63) is 100 Å². The summed E-state index contributed by atoms with van der Waals surface area (Å²) < 4.78 is 1.56. The van der Waals surface area contributed by atoms with Crippen LogP contribution < -0.4 is 28.1 Å². The van der Waals surface area contributed by atoms with Gasteiger partial charge in [0.05, 0.1) is 0 Å². The second-order valence-corrected chi connectivity index (χ2v) is 15.0. The molecule has 0 atom stereocenters. The van der Waals surface area contributed by atoms with Crippen LogP contribution in [0.2, 0.25) is 0 Å². The minimum atomic E-state index is 0. The second kappa shape index (κ2) is 13.5. The molecule has 1 aliphatic rings. The number of benzene rings is 4. The van der Waals surface area contributed by atoms with Crippen molar-refractivity contribution in [3.8, 4) is 33.4 Å². The summed E-state index contributed by atoms with van der Waals surface area (Å²) in [7, 11) is 0. The molecule has 0 heterocycles. The van der Waals surface area contributed by atoms with Crippen LogP contribution in [0, 0.1) is 0 Å². The predicted molar refractivity (Wildman–Crippen MR) is 171 cm³/mol. The number of fused-ring (bicyclic) bond motifs is 3. The molecule has 0 fully saturated rings. The van der Waals surface area contributed by atoms with E-state index in [9.17, 15) is 0 Å². The largest absolute Gasteiger partial charge is 1.00 e. The first-order chi connectivity index (χ1) is 19.0. The van der Waals surface area contributed by atoms with E-state index >= 15 is 0 Å². The van der Waals surface area contributed by atoms with E-state index in [1.807, 2.05) is 0 Å². The first kappa shape index (κ1) is 34.8. The van der Waals surface area contributed by atoms with Gasteiger partial charge in [0.25, 0.3) is 0 Å². The number of hydrogen-bond acceptors (Lipinski definition) is 0. The van der Waals surface area contributed by atoms with E-state index in [2.05, 4.69) is 122 Å². The summed E-state index contributed by atoms with van der Waals surface area (Å²) in [5.41, 5.74) is 17.8. The average Bonchev–Trinajstić information content (AvgIpc) is 3.26. The van der Waals surface area contributed by atoms with Crippen molar-refractivity contribution < 1.29 is 49.5 Å². The Kier molecular flexibility index (Phi) is 11.2. The number of aryl methyl sites for hydroxylation is 2. The van der Waals surface area contributed by atoms with Crippen LogP contribution in [0.5, 0.6) is 0 Å². The van der Waals surface area contributed by atoms with Gasteiger partial charge in [-0.15, -0.1) is 0 Å². The second-order valence-electron chi connectivity index (χ2n) is 13.7. The van der Waals surface area contributed by atoms with Crippen molar-refractivity contribution in [2.45, 2.75) is 98.3 Å². The zero-order chi connectivity index (χ0) is 28.8. The van der Waals surface area contributed by atoms with E-state index in [0.717, 1.165) is 25.7 Å². The number of rotatable bonds is 6. The molecular formula is C39H45Cl2Zr. The Labute approximate surface area is 282 Å². The first-order valence-electron chi connectivity index (χ1n) is 15.2. The van der Waals surface area contributed by atoms with E-state index in [0.29, 0.717) is 0 Å². The standard InChI is InChI=1S/C39H45.2ClH.Zr/c1-9-15-26-17-11-13-19-30(26)34-22-28-21-29-23-35(31-20-14-12-18-27(31)16-10-2)37(39(6,7)8)25-33(29)32(28)24-36(34)38(3,4)5;;;/h11-14,17-20,22,24-25H,9-10,15-16,21H2,1-8H3;2*1H;/q;;;+2/p-2. The molecule has 0 spiro atoms. The Morgan fingerprint density at radius 3 is 1.64 bits per heavy atom. The van der Waals surface area contributed by atoms with Crippen LogP contribution in [-0.2, 0) is 54.8 Å². The molecule has 0 bridgehead atoms. The summed E-state index contributed by atoms with van der Waals surface area (Å²) in [6.07, 6.45) is 5.62. The van der Waals surface area contributed by atoms with Gasteiger partial charge in [0.15, 0.2) is 0 Å². The molecule has 0 aliphatic heterocycles. The average molecular weight is 676 g/mol. The monoisotopic (exact) mass is 673 g/mol. The van der Waals surface area contributed by atoms with Gasteiger partial charge in [-0.25, -0.2) is 0 Å². The van der Waals surface area contributed by atoms with Gasteiger partial charge in [0.1, 0.15) is 0 Å². The van der Waals surface area contributed by atoms with Crippen LogP contribution in [0.15, 0.2) is 66.7 Å². The van der Waals surface area contributed by atoms with Gasteiger partial charge in [-0.3, -0.25) is 0 Å². The Morgan fingerprint density at radius 1 is 0.595 bits per heavy atom. The van der Waals surface area contributed by atoms with Crippen molar-refractivity contribution in [1.82, 2.24) is 0 Å². The summed E-state index contributed by atoms with van der Waals surface area (Å²) in [5, 5.41) is 0. The van der Waals surface area contributed by atoms with Crippen LogP contribution in [0.4, 0.5) is 0 Å².